The second-order valence-corrected chi connectivity index (χ2v) is 6.91. The molecule has 0 aliphatic carbocycles. The van der Waals surface area contributed by atoms with Crippen molar-refractivity contribution in [2.75, 3.05) is 6.61 Å². The van der Waals surface area contributed by atoms with Crippen LogP contribution in [-0.4, -0.2) is 28.1 Å². The molecule has 140 valence electrons. The third-order valence-electron chi connectivity index (χ3n) is 4.12. The molecular weight excluding hydrogens is 382 g/mol. The number of fused-ring (bicyclic) bond motifs is 2. The second kappa shape index (κ2) is 7.17. The Morgan fingerprint density at radius 3 is 2.89 bits per heavy atom. The number of hydrogen-bond acceptors (Lipinski definition) is 6. The minimum absolute atomic E-state index is 0.0416. The Bertz CT molecular complexity index is 1200. The van der Waals surface area contributed by atoms with Crippen molar-refractivity contribution in [3.05, 3.63) is 57.4 Å². The quantitative estimate of drug-likeness (QED) is 0.386. The maximum absolute atomic E-state index is 12.6. The van der Waals surface area contributed by atoms with Gasteiger partial charge in [-0.2, -0.15) is 4.99 Å². The van der Waals surface area contributed by atoms with Crippen LogP contribution in [0.25, 0.3) is 10.2 Å². The largest absolute Gasteiger partial charge is 0.485 e. The van der Waals surface area contributed by atoms with Gasteiger partial charge in [-0.25, -0.2) is 0 Å². The van der Waals surface area contributed by atoms with Crippen LogP contribution in [0.4, 0.5) is 5.69 Å². The van der Waals surface area contributed by atoms with E-state index in [-0.39, 0.29) is 18.8 Å². The molecule has 2 heterocycles. The summed E-state index contributed by atoms with van der Waals surface area (Å²) < 4.78 is 13.5. The molecule has 0 radical (unpaired) electrons. The van der Waals surface area contributed by atoms with E-state index in [1.54, 1.807) is 28.8 Å². The number of hydrogen-bond donors (Lipinski definition) is 0. The maximum atomic E-state index is 12.6. The number of benzene rings is 2. The zero-order chi connectivity index (χ0) is 19.7. The predicted molar refractivity (Wildman–Crippen MR) is 102 cm³/mol. The molecule has 0 fully saturated rings. The van der Waals surface area contributed by atoms with E-state index in [9.17, 15) is 14.9 Å². The average molecular weight is 395 g/mol. The van der Waals surface area contributed by atoms with Gasteiger partial charge in [0.2, 0.25) is 6.10 Å². The summed E-state index contributed by atoms with van der Waals surface area (Å²) in [5.41, 5.74) is 0.631. The van der Waals surface area contributed by atoms with Crippen LogP contribution in [0, 0.1) is 22.5 Å². The molecule has 0 saturated carbocycles. The SMILES string of the molecule is C#CCn1c(=NC(=O)[C@H]2COc3ccccc3O2)sc2cc([N+](=O)[O-])ccc21. The number of carbonyl (C=O) groups excluding carboxylic acids is 1. The highest BCUT2D eigenvalue weighted by molar-refractivity contribution is 7.16. The lowest BCUT2D eigenvalue weighted by Crippen LogP contribution is -2.36. The molecule has 8 nitrogen and oxygen atoms in total. The molecule has 9 heteroatoms. The number of terminal acetylenes is 1. The molecule has 1 aromatic heterocycles. The minimum atomic E-state index is -0.881. The first kappa shape index (κ1) is 17.8. The number of nitrogens with zero attached hydrogens (tertiary/aromatic N) is 3. The van der Waals surface area contributed by atoms with Gasteiger partial charge in [0, 0.05) is 12.1 Å². The lowest BCUT2D eigenvalue weighted by molar-refractivity contribution is -0.384. The Balaban J connectivity index is 1.72. The molecule has 1 aliphatic heterocycles. The third-order valence-corrected chi connectivity index (χ3v) is 5.16. The van der Waals surface area contributed by atoms with E-state index in [1.165, 1.54) is 12.1 Å². The summed E-state index contributed by atoms with van der Waals surface area (Å²) in [6.07, 6.45) is 4.56. The summed E-state index contributed by atoms with van der Waals surface area (Å²) in [4.78, 5) is 27.7. The van der Waals surface area contributed by atoms with Gasteiger partial charge in [-0.3, -0.25) is 14.9 Å². The maximum Gasteiger partial charge on any atom is 0.292 e. The van der Waals surface area contributed by atoms with Gasteiger partial charge < -0.3 is 14.0 Å². The second-order valence-electron chi connectivity index (χ2n) is 5.90. The third kappa shape index (κ3) is 3.21. The van der Waals surface area contributed by atoms with Crippen molar-refractivity contribution in [1.82, 2.24) is 4.57 Å². The number of ether oxygens (including phenoxy) is 2. The predicted octanol–water partition coefficient (Wildman–Crippen LogP) is 2.51. The van der Waals surface area contributed by atoms with Gasteiger partial charge in [0.1, 0.15) is 6.61 Å². The fourth-order valence-electron chi connectivity index (χ4n) is 2.81. The number of para-hydroxylation sites is 2. The Hall–Kier alpha value is -3.64. The fraction of sp³-hybridized carbons (Fsp3) is 0.158. The molecule has 0 spiro atoms. The monoisotopic (exact) mass is 395 g/mol. The Labute approximate surface area is 162 Å². The Kier molecular flexibility index (Phi) is 4.55. The Morgan fingerprint density at radius 1 is 1.36 bits per heavy atom. The van der Waals surface area contributed by atoms with Gasteiger partial charge in [-0.1, -0.05) is 29.4 Å². The highest BCUT2D eigenvalue weighted by Gasteiger charge is 2.27. The number of non-ortho nitro benzene ring substituents is 1. The molecule has 1 aliphatic rings. The van der Waals surface area contributed by atoms with Gasteiger partial charge in [0.15, 0.2) is 16.3 Å². The van der Waals surface area contributed by atoms with E-state index in [0.717, 1.165) is 11.3 Å². The molecule has 2 aromatic carbocycles. The molecule has 3 aromatic rings. The van der Waals surface area contributed by atoms with Crippen molar-refractivity contribution < 1.29 is 19.2 Å². The highest BCUT2D eigenvalue weighted by atomic mass is 32.1. The van der Waals surface area contributed by atoms with Gasteiger partial charge in [-0.05, 0) is 18.2 Å². The topological polar surface area (TPSA) is 96.0 Å². The summed E-state index contributed by atoms with van der Waals surface area (Å²) in [5.74, 6) is 3.05. The van der Waals surface area contributed by atoms with Crippen LogP contribution in [0.1, 0.15) is 0 Å². The molecule has 28 heavy (non-hydrogen) atoms. The standard InChI is InChI=1S/C19H13N3O5S/c1-2-9-21-13-8-7-12(22(24)25)10-17(13)28-19(21)20-18(23)16-11-26-14-5-3-4-6-15(14)27-16/h1,3-8,10,16H,9,11H2/t16-/m1/s1. The van der Waals surface area contributed by atoms with Crippen molar-refractivity contribution >= 4 is 33.1 Å². The van der Waals surface area contributed by atoms with Crippen molar-refractivity contribution in [3.8, 4) is 23.8 Å². The molecule has 1 amide bonds. The van der Waals surface area contributed by atoms with Crippen LogP contribution in [-0.2, 0) is 11.3 Å². The van der Waals surface area contributed by atoms with Gasteiger partial charge in [-0.15, -0.1) is 6.42 Å². The zero-order valence-electron chi connectivity index (χ0n) is 14.4. The van der Waals surface area contributed by atoms with E-state index in [1.807, 2.05) is 6.07 Å². The number of nitro benzene ring substituents is 1. The number of rotatable bonds is 3. The summed E-state index contributed by atoms with van der Waals surface area (Å²) in [6.45, 7) is 0.222. The smallest absolute Gasteiger partial charge is 0.292 e. The number of thiazole rings is 1. The van der Waals surface area contributed by atoms with Crippen LogP contribution < -0.4 is 14.3 Å². The zero-order valence-corrected chi connectivity index (χ0v) is 15.2. The summed E-state index contributed by atoms with van der Waals surface area (Å²) in [7, 11) is 0. The molecular formula is C19H13N3O5S. The number of carbonyl (C=O) groups is 1. The number of amides is 1. The van der Waals surface area contributed by atoms with E-state index >= 15 is 0 Å². The van der Waals surface area contributed by atoms with E-state index in [2.05, 4.69) is 10.9 Å². The van der Waals surface area contributed by atoms with Crippen molar-refractivity contribution in [2.24, 2.45) is 4.99 Å². The molecule has 0 bridgehead atoms. The fourth-order valence-corrected chi connectivity index (χ4v) is 3.88. The first-order valence-corrected chi connectivity index (χ1v) is 9.07. The minimum Gasteiger partial charge on any atom is -0.485 e. The lowest BCUT2D eigenvalue weighted by atomic mass is 10.2. The molecule has 0 N–H and O–H groups in total. The van der Waals surface area contributed by atoms with Crippen LogP contribution in [0.15, 0.2) is 47.5 Å². The van der Waals surface area contributed by atoms with Gasteiger partial charge >= 0.3 is 0 Å². The number of aromatic nitrogens is 1. The van der Waals surface area contributed by atoms with Crippen molar-refractivity contribution in [1.29, 1.82) is 0 Å². The van der Waals surface area contributed by atoms with Crippen LogP contribution in [0.5, 0.6) is 11.5 Å². The molecule has 0 saturated heterocycles. The van der Waals surface area contributed by atoms with E-state index in [0.29, 0.717) is 26.5 Å². The normalized spacial score (nSPS) is 16.0. The highest BCUT2D eigenvalue weighted by Crippen LogP contribution is 2.31. The first-order chi connectivity index (χ1) is 13.6. The van der Waals surface area contributed by atoms with Crippen molar-refractivity contribution in [2.45, 2.75) is 12.6 Å². The van der Waals surface area contributed by atoms with Crippen LogP contribution in [0.2, 0.25) is 0 Å². The first-order valence-electron chi connectivity index (χ1n) is 8.25. The van der Waals surface area contributed by atoms with Crippen LogP contribution >= 0.6 is 11.3 Å². The van der Waals surface area contributed by atoms with Gasteiger partial charge in [0.05, 0.1) is 21.7 Å². The number of nitro groups is 1. The summed E-state index contributed by atoms with van der Waals surface area (Å²) >= 11 is 1.15. The average Bonchev–Trinajstić information content (AvgIpc) is 3.04. The summed E-state index contributed by atoms with van der Waals surface area (Å²) in [6, 6.07) is 11.5. The molecule has 1 atom stereocenters. The lowest BCUT2D eigenvalue weighted by Gasteiger charge is -2.23. The summed E-state index contributed by atoms with van der Waals surface area (Å²) in [5, 5.41) is 11.0. The van der Waals surface area contributed by atoms with Crippen LogP contribution in [0.3, 0.4) is 0 Å². The van der Waals surface area contributed by atoms with E-state index in [4.69, 9.17) is 15.9 Å². The molecule has 0 unspecified atom stereocenters. The molecule has 4 rings (SSSR count). The van der Waals surface area contributed by atoms with Gasteiger partial charge in [0.25, 0.3) is 11.6 Å². The van der Waals surface area contributed by atoms with E-state index < -0.39 is 16.9 Å². The Morgan fingerprint density at radius 2 is 2.14 bits per heavy atom. The van der Waals surface area contributed by atoms with Crippen molar-refractivity contribution in [3.63, 3.8) is 0 Å².